The molecule has 190 valence electrons. The number of sulfonamides is 1. The van der Waals surface area contributed by atoms with Crippen LogP contribution in [0.4, 0.5) is 11.4 Å². The van der Waals surface area contributed by atoms with Crippen molar-refractivity contribution in [3.05, 3.63) is 94.5 Å². The minimum atomic E-state index is -3.49. The summed E-state index contributed by atoms with van der Waals surface area (Å²) in [5.41, 5.74) is 6.01. The number of anilines is 2. The van der Waals surface area contributed by atoms with Crippen molar-refractivity contribution in [1.82, 2.24) is 5.32 Å². The summed E-state index contributed by atoms with van der Waals surface area (Å²) in [7, 11) is -3.49. The highest BCUT2D eigenvalue weighted by molar-refractivity contribution is 7.92. The summed E-state index contributed by atoms with van der Waals surface area (Å²) in [6, 6.07) is 21.0. The first-order valence-corrected chi connectivity index (χ1v) is 13.9. The summed E-state index contributed by atoms with van der Waals surface area (Å²) in [6.45, 7) is 7.70. The predicted octanol–water partition coefficient (Wildman–Crippen LogP) is 4.04. The van der Waals surface area contributed by atoms with Crippen molar-refractivity contribution in [2.45, 2.75) is 26.9 Å². The van der Waals surface area contributed by atoms with Crippen LogP contribution in [-0.2, 0) is 27.8 Å². The van der Waals surface area contributed by atoms with Gasteiger partial charge in [-0.15, -0.1) is 0 Å². The number of ether oxygens (including phenoxy) is 1. The van der Waals surface area contributed by atoms with Crippen molar-refractivity contribution >= 4 is 27.3 Å². The number of rotatable bonds is 8. The van der Waals surface area contributed by atoms with Gasteiger partial charge < -0.3 is 15.0 Å². The lowest BCUT2D eigenvalue weighted by atomic mass is 10.1. The van der Waals surface area contributed by atoms with E-state index in [1.54, 1.807) is 24.3 Å². The average molecular weight is 508 g/mol. The number of hydrogen-bond donors (Lipinski definition) is 1. The van der Waals surface area contributed by atoms with Gasteiger partial charge in [0.15, 0.2) is 0 Å². The molecule has 4 rings (SSSR count). The van der Waals surface area contributed by atoms with Crippen molar-refractivity contribution in [1.29, 1.82) is 0 Å². The normalized spacial score (nSPS) is 13.9. The van der Waals surface area contributed by atoms with Gasteiger partial charge in [-0.2, -0.15) is 0 Å². The Kier molecular flexibility index (Phi) is 7.96. The van der Waals surface area contributed by atoms with E-state index >= 15 is 0 Å². The second-order valence-electron chi connectivity index (χ2n) is 9.16. The first kappa shape index (κ1) is 25.7. The van der Waals surface area contributed by atoms with E-state index in [0.717, 1.165) is 54.2 Å². The molecule has 0 aliphatic carbocycles. The van der Waals surface area contributed by atoms with Crippen LogP contribution in [0, 0.1) is 13.8 Å². The molecule has 0 radical (unpaired) electrons. The van der Waals surface area contributed by atoms with Crippen LogP contribution in [0.5, 0.6) is 0 Å². The van der Waals surface area contributed by atoms with Gasteiger partial charge in [-0.25, -0.2) is 8.42 Å². The first-order chi connectivity index (χ1) is 17.2. The van der Waals surface area contributed by atoms with Crippen molar-refractivity contribution < 1.29 is 17.9 Å². The van der Waals surface area contributed by atoms with Crippen molar-refractivity contribution in [3.8, 4) is 0 Å². The average Bonchev–Trinajstić information content (AvgIpc) is 2.87. The minimum absolute atomic E-state index is 0.173. The fraction of sp³-hybridized carbons (Fsp3) is 0.321. The van der Waals surface area contributed by atoms with Gasteiger partial charge in [0, 0.05) is 30.9 Å². The summed E-state index contributed by atoms with van der Waals surface area (Å²) in [5, 5.41) is 2.96. The van der Waals surface area contributed by atoms with E-state index in [9.17, 15) is 13.2 Å². The molecular formula is C28H33N3O4S. The molecule has 0 saturated carbocycles. The molecule has 1 fully saturated rings. The van der Waals surface area contributed by atoms with E-state index in [-0.39, 0.29) is 12.5 Å². The number of para-hydroxylation sites is 1. The molecule has 1 aliphatic rings. The quantitative estimate of drug-likeness (QED) is 0.498. The molecular weight excluding hydrogens is 474 g/mol. The molecule has 1 saturated heterocycles. The second-order valence-corrected chi connectivity index (χ2v) is 11.1. The lowest BCUT2D eigenvalue weighted by Gasteiger charge is -2.28. The highest BCUT2D eigenvalue weighted by Crippen LogP contribution is 2.28. The molecule has 0 unspecified atom stereocenters. The smallest absolute Gasteiger partial charge is 0.251 e. The number of nitrogens with zero attached hydrogens (tertiary/aromatic N) is 2. The third-order valence-corrected chi connectivity index (χ3v) is 7.51. The van der Waals surface area contributed by atoms with Crippen LogP contribution in [0.1, 0.15) is 32.6 Å². The lowest BCUT2D eigenvalue weighted by Crippen LogP contribution is -2.36. The van der Waals surface area contributed by atoms with E-state index in [2.05, 4.69) is 22.3 Å². The van der Waals surface area contributed by atoms with E-state index < -0.39 is 10.0 Å². The van der Waals surface area contributed by atoms with Gasteiger partial charge in [-0.05, 0) is 60.4 Å². The molecule has 1 N–H and O–H groups in total. The lowest BCUT2D eigenvalue weighted by molar-refractivity contribution is 0.0951. The zero-order valence-corrected chi connectivity index (χ0v) is 21.8. The van der Waals surface area contributed by atoms with E-state index in [1.165, 1.54) is 10.6 Å². The largest absolute Gasteiger partial charge is 0.378 e. The minimum Gasteiger partial charge on any atom is -0.378 e. The molecule has 3 aromatic carbocycles. The number of morpholine rings is 1. The van der Waals surface area contributed by atoms with E-state index in [0.29, 0.717) is 17.8 Å². The molecule has 36 heavy (non-hydrogen) atoms. The van der Waals surface area contributed by atoms with Gasteiger partial charge in [0.25, 0.3) is 5.91 Å². The first-order valence-electron chi connectivity index (χ1n) is 12.0. The standard InChI is InChI=1S/C28H33N3O4S/c1-21-5-4-6-22(2)27(21)31(36(3,33)34)20-24-7-11-25(12-8-24)28(32)29-19-23-9-13-26(14-10-23)30-15-17-35-18-16-30/h4-14H,15-20H2,1-3H3,(H,29,32). The molecule has 8 heteroatoms. The van der Waals surface area contributed by atoms with Crippen LogP contribution < -0.4 is 14.5 Å². The summed E-state index contributed by atoms with van der Waals surface area (Å²) in [5.74, 6) is -0.173. The van der Waals surface area contributed by atoms with Crippen LogP contribution in [0.3, 0.4) is 0 Å². The molecule has 7 nitrogen and oxygen atoms in total. The number of aryl methyl sites for hydroxylation is 2. The van der Waals surface area contributed by atoms with Crippen LogP contribution in [0.15, 0.2) is 66.7 Å². The molecule has 3 aromatic rings. The molecule has 0 spiro atoms. The Balaban J connectivity index is 1.38. The van der Waals surface area contributed by atoms with Gasteiger partial charge in [0.05, 0.1) is 31.7 Å². The maximum Gasteiger partial charge on any atom is 0.251 e. The number of nitrogens with one attached hydrogen (secondary N) is 1. The number of carbonyl (C=O) groups is 1. The third-order valence-electron chi connectivity index (χ3n) is 6.40. The number of carbonyl (C=O) groups excluding carboxylic acids is 1. The highest BCUT2D eigenvalue weighted by Gasteiger charge is 2.21. The predicted molar refractivity (Wildman–Crippen MR) is 144 cm³/mol. The Hall–Kier alpha value is -3.36. The second kappa shape index (κ2) is 11.1. The van der Waals surface area contributed by atoms with Crippen LogP contribution in [0.2, 0.25) is 0 Å². The Morgan fingerprint density at radius 2 is 1.50 bits per heavy atom. The summed E-state index contributed by atoms with van der Waals surface area (Å²) in [4.78, 5) is 15.0. The molecule has 1 amide bonds. The van der Waals surface area contributed by atoms with Crippen molar-refractivity contribution in [2.24, 2.45) is 0 Å². The summed E-state index contributed by atoms with van der Waals surface area (Å²) < 4.78 is 32.0. The molecule has 0 atom stereocenters. The summed E-state index contributed by atoms with van der Waals surface area (Å²) in [6.07, 6.45) is 1.22. The van der Waals surface area contributed by atoms with Crippen molar-refractivity contribution in [2.75, 3.05) is 41.8 Å². The maximum absolute atomic E-state index is 12.7. The SMILES string of the molecule is Cc1cccc(C)c1N(Cc1ccc(C(=O)NCc2ccc(N3CCOCC3)cc2)cc1)S(C)(=O)=O. The van der Waals surface area contributed by atoms with Gasteiger partial charge in [-0.1, -0.05) is 42.5 Å². The summed E-state index contributed by atoms with van der Waals surface area (Å²) >= 11 is 0. The monoisotopic (exact) mass is 507 g/mol. The van der Waals surface area contributed by atoms with Gasteiger partial charge in [0.2, 0.25) is 10.0 Å². The topological polar surface area (TPSA) is 79.0 Å². The number of benzene rings is 3. The Morgan fingerprint density at radius 3 is 2.08 bits per heavy atom. The molecule has 0 aromatic heterocycles. The third kappa shape index (κ3) is 6.25. The zero-order valence-electron chi connectivity index (χ0n) is 21.0. The van der Waals surface area contributed by atoms with Gasteiger partial charge in [-0.3, -0.25) is 9.10 Å². The molecule has 1 aliphatic heterocycles. The number of amides is 1. The van der Waals surface area contributed by atoms with Crippen LogP contribution >= 0.6 is 0 Å². The molecule has 1 heterocycles. The van der Waals surface area contributed by atoms with E-state index in [1.807, 2.05) is 44.2 Å². The van der Waals surface area contributed by atoms with Crippen molar-refractivity contribution in [3.63, 3.8) is 0 Å². The fourth-order valence-electron chi connectivity index (χ4n) is 4.42. The van der Waals surface area contributed by atoms with Crippen LogP contribution in [0.25, 0.3) is 0 Å². The van der Waals surface area contributed by atoms with Gasteiger partial charge >= 0.3 is 0 Å². The highest BCUT2D eigenvalue weighted by atomic mass is 32.2. The molecule has 0 bridgehead atoms. The Bertz CT molecular complexity index is 1280. The fourth-order valence-corrected chi connectivity index (χ4v) is 5.42. The number of hydrogen-bond acceptors (Lipinski definition) is 5. The van der Waals surface area contributed by atoms with E-state index in [4.69, 9.17) is 4.74 Å². The van der Waals surface area contributed by atoms with Gasteiger partial charge in [0.1, 0.15) is 0 Å². The Morgan fingerprint density at radius 1 is 0.917 bits per heavy atom. The zero-order chi connectivity index (χ0) is 25.7. The van der Waals surface area contributed by atoms with Crippen LogP contribution in [-0.4, -0.2) is 46.9 Å². The maximum atomic E-state index is 12.7. The Labute approximate surface area is 213 Å².